The predicted molar refractivity (Wildman–Crippen MR) is 138 cm³/mol. The highest BCUT2D eigenvalue weighted by Gasteiger charge is 2.41. The van der Waals surface area contributed by atoms with Crippen molar-refractivity contribution in [3.8, 4) is 11.1 Å². The number of aromatic amines is 1. The third-order valence-electron chi connectivity index (χ3n) is 6.34. The van der Waals surface area contributed by atoms with Crippen molar-refractivity contribution >= 4 is 28.6 Å². The molecule has 1 aliphatic heterocycles. The molecule has 3 heterocycles. The molecule has 0 unspecified atom stereocenters. The van der Waals surface area contributed by atoms with Crippen molar-refractivity contribution in [3.63, 3.8) is 0 Å². The SMILES string of the molecule is CC(C)(C)OC(=O)N1C[C@H](C(=O)Nc2cc3cc(-c4cn[nH]c4)ccc3cn2)[C@@H](c2ccccc2)C1. The van der Waals surface area contributed by atoms with Gasteiger partial charge in [0.05, 0.1) is 12.1 Å². The smallest absolute Gasteiger partial charge is 0.410 e. The summed E-state index contributed by atoms with van der Waals surface area (Å²) >= 11 is 0. The van der Waals surface area contributed by atoms with E-state index in [0.717, 1.165) is 27.5 Å². The van der Waals surface area contributed by atoms with Crippen LogP contribution in [-0.2, 0) is 9.53 Å². The monoisotopic (exact) mass is 483 g/mol. The molecule has 0 bridgehead atoms. The number of H-pyrrole nitrogens is 1. The summed E-state index contributed by atoms with van der Waals surface area (Å²) in [5.41, 5.74) is 2.41. The minimum atomic E-state index is -0.607. The van der Waals surface area contributed by atoms with Gasteiger partial charge in [-0.2, -0.15) is 5.10 Å². The first-order valence-corrected chi connectivity index (χ1v) is 12.0. The van der Waals surface area contributed by atoms with Crippen LogP contribution < -0.4 is 5.32 Å². The quantitative estimate of drug-likeness (QED) is 0.415. The minimum absolute atomic E-state index is 0.146. The summed E-state index contributed by atoms with van der Waals surface area (Å²) in [6.45, 7) is 6.20. The Bertz CT molecular complexity index is 1380. The van der Waals surface area contributed by atoms with E-state index in [0.29, 0.717) is 12.4 Å². The second kappa shape index (κ2) is 9.45. The number of hydrogen-bond donors (Lipinski definition) is 2. The number of anilines is 1. The largest absolute Gasteiger partial charge is 0.444 e. The Balaban J connectivity index is 1.38. The number of likely N-dealkylation sites (tertiary alicyclic amines) is 1. The molecule has 8 heteroatoms. The molecule has 2 aromatic heterocycles. The number of nitrogens with zero attached hydrogens (tertiary/aromatic N) is 3. The van der Waals surface area contributed by atoms with Gasteiger partial charge in [-0.05, 0) is 49.4 Å². The predicted octanol–water partition coefficient (Wildman–Crippen LogP) is 5.21. The summed E-state index contributed by atoms with van der Waals surface area (Å²) < 4.78 is 5.58. The molecule has 2 amide bonds. The molecule has 0 radical (unpaired) electrons. The van der Waals surface area contributed by atoms with Crippen LogP contribution in [0.1, 0.15) is 32.3 Å². The normalized spacial score (nSPS) is 17.8. The number of ether oxygens (including phenoxy) is 1. The maximum atomic E-state index is 13.5. The third kappa shape index (κ3) is 5.07. The average molecular weight is 484 g/mol. The Hall–Kier alpha value is -4.20. The molecule has 1 aliphatic rings. The number of rotatable bonds is 4. The first-order chi connectivity index (χ1) is 17.3. The van der Waals surface area contributed by atoms with Crippen molar-refractivity contribution in [2.24, 2.45) is 5.92 Å². The van der Waals surface area contributed by atoms with Crippen molar-refractivity contribution in [2.45, 2.75) is 32.3 Å². The fourth-order valence-electron chi connectivity index (χ4n) is 4.60. The van der Waals surface area contributed by atoms with E-state index in [2.05, 4.69) is 20.5 Å². The lowest BCUT2D eigenvalue weighted by Gasteiger charge is -2.24. The molecule has 0 spiro atoms. The summed E-state index contributed by atoms with van der Waals surface area (Å²) in [5, 5.41) is 11.8. The zero-order valence-electron chi connectivity index (χ0n) is 20.6. The van der Waals surface area contributed by atoms with Crippen LogP contribution in [0.25, 0.3) is 21.9 Å². The molecular weight excluding hydrogens is 454 g/mol. The molecule has 0 aliphatic carbocycles. The van der Waals surface area contributed by atoms with Gasteiger partial charge in [-0.15, -0.1) is 0 Å². The van der Waals surface area contributed by atoms with E-state index < -0.39 is 17.6 Å². The van der Waals surface area contributed by atoms with Crippen LogP contribution in [0.2, 0.25) is 0 Å². The summed E-state index contributed by atoms with van der Waals surface area (Å²) in [6.07, 6.45) is 4.95. The van der Waals surface area contributed by atoms with Crippen molar-refractivity contribution < 1.29 is 14.3 Å². The van der Waals surface area contributed by atoms with E-state index in [-0.39, 0.29) is 18.4 Å². The Morgan fingerprint density at radius 2 is 1.81 bits per heavy atom. The minimum Gasteiger partial charge on any atom is -0.444 e. The number of fused-ring (bicyclic) bond motifs is 1. The average Bonchev–Trinajstić information content (AvgIpc) is 3.54. The topological polar surface area (TPSA) is 100 Å². The van der Waals surface area contributed by atoms with Crippen LogP contribution in [0.3, 0.4) is 0 Å². The number of aromatic nitrogens is 3. The van der Waals surface area contributed by atoms with Crippen molar-refractivity contribution in [1.82, 2.24) is 20.1 Å². The third-order valence-corrected chi connectivity index (χ3v) is 6.34. The lowest BCUT2D eigenvalue weighted by atomic mass is 9.88. The first kappa shape index (κ1) is 23.5. The second-order valence-corrected chi connectivity index (χ2v) is 10.1. The van der Waals surface area contributed by atoms with Crippen molar-refractivity contribution in [3.05, 3.63) is 78.8 Å². The lowest BCUT2D eigenvalue weighted by molar-refractivity contribution is -0.119. The molecular formula is C28H29N5O3. The summed E-state index contributed by atoms with van der Waals surface area (Å²) in [7, 11) is 0. The van der Waals surface area contributed by atoms with E-state index in [1.807, 2.05) is 81.6 Å². The molecule has 184 valence electrons. The van der Waals surface area contributed by atoms with Gasteiger partial charge < -0.3 is 15.0 Å². The summed E-state index contributed by atoms with van der Waals surface area (Å²) in [4.78, 5) is 32.4. The highest BCUT2D eigenvalue weighted by atomic mass is 16.6. The molecule has 4 aromatic rings. The maximum Gasteiger partial charge on any atom is 0.410 e. The summed E-state index contributed by atoms with van der Waals surface area (Å²) in [5.74, 6) is -0.284. The van der Waals surface area contributed by atoms with Gasteiger partial charge in [0.1, 0.15) is 11.4 Å². The highest BCUT2D eigenvalue weighted by molar-refractivity contribution is 5.96. The van der Waals surface area contributed by atoms with Crippen molar-refractivity contribution in [2.75, 3.05) is 18.4 Å². The van der Waals surface area contributed by atoms with Gasteiger partial charge in [0.15, 0.2) is 0 Å². The molecule has 2 atom stereocenters. The standard InChI is InChI=1S/C28H29N5O3/c1-28(2,3)36-27(35)33-16-23(18-7-5-4-6-8-18)24(17-33)26(34)32-25-12-21-11-19(22-14-30-31-15-22)9-10-20(21)13-29-25/h4-15,23-24H,16-17H2,1-3H3,(H,30,31)(H,29,32,34)/t23-,24+/m1/s1. The van der Waals surface area contributed by atoms with E-state index in [1.54, 1.807) is 17.3 Å². The number of carbonyl (C=O) groups is 2. The van der Waals surface area contributed by atoms with Crippen LogP contribution in [-0.4, -0.2) is 50.8 Å². The Kier molecular flexibility index (Phi) is 6.18. The van der Waals surface area contributed by atoms with Crippen LogP contribution in [0, 0.1) is 5.92 Å². The Morgan fingerprint density at radius 3 is 2.53 bits per heavy atom. The Morgan fingerprint density at radius 1 is 1.00 bits per heavy atom. The molecule has 8 nitrogen and oxygen atoms in total. The number of benzene rings is 2. The zero-order chi connectivity index (χ0) is 25.3. The van der Waals surface area contributed by atoms with E-state index >= 15 is 0 Å². The lowest BCUT2D eigenvalue weighted by Crippen LogP contribution is -2.36. The number of carbonyl (C=O) groups excluding carboxylic acids is 2. The zero-order valence-corrected chi connectivity index (χ0v) is 20.6. The highest BCUT2D eigenvalue weighted by Crippen LogP contribution is 2.34. The van der Waals surface area contributed by atoms with Crippen LogP contribution in [0.15, 0.2) is 73.2 Å². The number of nitrogens with one attached hydrogen (secondary N) is 2. The molecule has 5 rings (SSSR count). The first-order valence-electron chi connectivity index (χ1n) is 12.0. The second-order valence-electron chi connectivity index (χ2n) is 10.1. The molecule has 1 saturated heterocycles. The maximum absolute atomic E-state index is 13.5. The van der Waals surface area contributed by atoms with Gasteiger partial charge >= 0.3 is 6.09 Å². The molecule has 1 fully saturated rings. The van der Waals surface area contributed by atoms with Gasteiger partial charge in [-0.1, -0.05) is 42.5 Å². The van der Waals surface area contributed by atoms with E-state index in [4.69, 9.17) is 4.74 Å². The van der Waals surface area contributed by atoms with Crippen LogP contribution in [0.5, 0.6) is 0 Å². The number of pyridine rings is 1. The van der Waals surface area contributed by atoms with Crippen molar-refractivity contribution in [1.29, 1.82) is 0 Å². The molecule has 0 saturated carbocycles. The van der Waals surface area contributed by atoms with E-state index in [9.17, 15) is 9.59 Å². The van der Waals surface area contributed by atoms with Gasteiger partial charge in [0, 0.05) is 42.4 Å². The molecule has 2 N–H and O–H groups in total. The van der Waals surface area contributed by atoms with Crippen LogP contribution >= 0.6 is 0 Å². The van der Waals surface area contributed by atoms with E-state index in [1.165, 1.54) is 0 Å². The van der Waals surface area contributed by atoms with Gasteiger partial charge in [0.25, 0.3) is 0 Å². The molecule has 2 aromatic carbocycles. The fraction of sp³-hybridized carbons (Fsp3) is 0.286. The Labute approximate surface area is 209 Å². The fourth-order valence-corrected chi connectivity index (χ4v) is 4.60. The number of hydrogen-bond acceptors (Lipinski definition) is 5. The summed E-state index contributed by atoms with van der Waals surface area (Å²) in [6, 6.07) is 17.8. The van der Waals surface area contributed by atoms with Gasteiger partial charge in [-0.25, -0.2) is 9.78 Å². The molecule has 36 heavy (non-hydrogen) atoms. The van der Waals surface area contributed by atoms with Gasteiger partial charge in [0.2, 0.25) is 5.91 Å². The van der Waals surface area contributed by atoms with Gasteiger partial charge in [-0.3, -0.25) is 9.89 Å². The van der Waals surface area contributed by atoms with Crippen LogP contribution in [0.4, 0.5) is 10.6 Å². The number of amides is 2.